The van der Waals surface area contributed by atoms with Gasteiger partial charge >= 0.3 is 0 Å². The predicted molar refractivity (Wildman–Crippen MR) is 115 cm³/mol. The zero-order chi connectivity index (χ0) is 21.8. The molecule has 0 saturated heterocycles. The van der Waals surface area contributed by atoms with Gasteiger partial charge in [-0.1, -0.05) is 19.9 Å². The fourth-order valence-corrected chi connectivity index (χ4v) is 4.30. The summed E-state index contributed by atoms with van der Waals surface area (Å²) in [7, 11) is -0.546. The highest BCUT2D eigenvalue weighted by Crippen LogP contribution is 2.32. The van der Waals surface area contributed by atoms with Crippen molar-refractivity contribution in [2.24, 2.45) is 0 Å². The van der Waals surface area contributed by atoms with Gasteiger partial charge in [-0.15, -0.1) is 0 Å². The third-order valence-electron chi connectivity index (χ3n) is 4.50. The molecule has 0 fully saturated rings. The molecular formula is C22H31NO5S. The van der Waals surface area contributed by atoms with Crippen LogP contribution in [0.5, 0.6) is 17.2 Å². The molecule has 160 valence electrons. The second-order valence-corrected chi connectivity index (χ2v) is 9.23. The monoisotopic (exact) mass is 421 g/mol. The minimum atomic E-state index is -3.70. The summed E-state index contributed by atoms with van der Waals surface area (Å²) >= 11 is 0. The Labute approximate surface area is 174 Å². The van der Waals surface area contributed by atoms with E-state index in [4.69, 9.17) is 14.2 Å². The van der Waals surface area contributed by atoms with Gasteiger partial charge in [-0.2, -0.15) is 0 Å². The van der Waals surface area contributed by atoms with Crippen molar-refractivity contribution < 1.29 is 22.6 Å². The maximum absolute atomic E-state index is 13.0. The average molecular weight is 422 g/mol. The molecule has 0 amide bonds. The van der Waals surface area contributed by atoms with E-state index in [2.05, 4.69) is 4.72 Å². The maximum atomic E-state index is 13.0. The Morgan fingerprint density at radius 2 is 1.59 bits per heavy atom. The third-order valence-corrected chi connectivity index (χ3v) is 6.04. The van der Waals surface area contributed by atoms with Gasteiger partial charge in [-0.05, 0) is 67.6 Å². The topological polar surface area (TPSA) is 73.9 Å². The molecule has 2 aromatic carbocycles. The Kier molecular flexibility index (Phi) is 7.54. The van der Waals surface area contributed by atoms with Gasteiger partial charge in [-0.25, -0.2) is 13.1 Å². The maximum Gasteiger partial charge on any atom is 0.241 e. The Balaban J connectivity index is 2.27. The third kappa shape index (κ3) is 5.64. The number of aryl methyl sites for hydroxylation is 1. The van der Waals surface area contributed by atoms with Gasteiger partial charge in [0, 0.05) is 6.54 Å². The van der Waals surface area contributed by atoms with Crippen molar-refractivity contribution in [3.05, 3.63) is 47.0 Å². The first kappa shape index (κ1) is 23.0. The summed E-state index contributed by atoms with van der Waals surface area (Å²) in [5.74, 6) is 2.03. The summed E-state index contributed by atoms with van der Waals surface area (Å²) in [6.45, 7) is 9.79. The number of benzene rings is 2. The van der Waals surface area contributed by atoms with Crippen LogP contribution in [0.2, 0.25) is 0 Å². The van der Waals surface area contributed by atoms with Crippen LogP contribution in [0.25, 0.3) is 0 Å². The summed E-state index contributed by atoms with van der Waals surface area (Å²) in [5.41, 5.74) is 2.27. The number of hydrogen-bond donors (Lipinski definition) is 1. The fraction of sp³-hybridized carbons (Fsp3) is 0.455. The van der Waals surface area contributed by atoms with Crippen molar-refractivity contribution in [1.29, 1.82) is 0 Å². The lowest BCUT2D eigenvalue weighted by atomic mass is 10.0. The molecule has 7 heteroatoms. The van der Waals surface area contributed by atoms with Crippen LogP contribution in [0.3, 0.4) is 0 Å². The van der Waals surface area contributed by atoms with Gasteiger partial charge in [0.15, 0.2) is 11.5 Å². The van der Waals surface area contributed by atoms with Crippen molar-refractivity contribution in [3.8, 4) is 17.2 Å². The summed E-state index contributed by atoms with van der Waals surface area (Å²) in [6, 6.07) is 8.86. The fourth-order valence-electron chi connectivity index (χ4n) is 3.02. The molecule has 2 aromatic rings. The van der Waals surface area contributed by atoms with E-state index in [0.717, 1.165) is 11.1 Å². The van der Waals surface area contributed by atoms with Gasteiger partial charge in [0.05, 0.1) is 25.2 Å². The molecule has 29 heavy (non-hydrogen) atoms. The van der Waals surface area contributed by atoms with Crippen LogP contribution in [0.1, 0.15) is 50.3 Å². The minimum Gasteiger partial charge on any atom is -0.496 e. The zero-order valence-corrected chi connectivity index (χ0v) is 19.0. The van der Waals surface area contributed by atoms with E-state index in [-0.39, 0.29) is 23.5 Å². The van der Waals surface area contributed by atoms with E-state index in [1.807, 2.05) is 33.8 Å². The molecule has 0 aliphatic heterocycles. The van der Waals surface area contributed by atoms with Crippen molar-refractivity contribution >= 4 is 10.0 Å². The molecule has 0 aliphatic rings. The molecule has 0 bridgehead atoms. The molecule has 0 unspecified atom stereocenters. The van der Waals surface area contributed by atoms with Crippen molar-refractivity contribution in [3.63, 3.8) is 0 Å². The molecule has 6 nitrogen and oxygen atoms in total. The largest absolute Gasteiger partial charge is 0.496 e. The Morgan fingerprint density at radius 3 is 2.14 bits per heavy atom. The number of rotatable bonds is 9. The van der Waals surface area contributed by atoms with Crippen molar-refractivity contribution in [2.75, 3.05) is 14.2 Å². The first-order valence-electron chi connectivity index (χ1n) is 9.60. The van der Waals surface area contributed by atoms with E-state index >= 15 is 0 Å². The molecule has 0 aliphatic carbocycles. The normalized spacial score (nSPS) is 11.8. The number of sulfonamides is 1. The van der Waals surface area contributed by atoms with Crippen LogP contribution in [-0.4, -0.2) is 28.7 Å². The highest BCUT2D eigenvalue weighted by atomic mass is 32.2. The molecule has 0 spiro atoms. The van der Waals surface area contributed by atoms with Crippen LogP contribution >= 0.6 is 0 Å². The lowest BCUT2D eigenvalue weighted by molar-refractivity contribution is 0.230. The number of methoxy groups -OCH3 is 2. The van der Waals surface area contributed by atoms with E-state index in [9.17, 15) is 8.42 Å². The molecule has 1 N–H and O–H groups in total. The van der Waals surface area contributed by atoms with E-state index < -0.39 is 10.0 Å². The van der Waals surface area contributed by atoms with Gasteiger partial charge in [-0.3, -0.25) is 0 Å². The Morgan fingerprint density at radius 1 is 0.931 bits per heavy atom. The SMILES string of the molecule is COc1cc(CNS(=O)(=O)c2cc(C(C)C)c(OC)cc2C)ccc1OC(C)C. The lowest BCUT2D eigenvalue weighted by Crippen LogP contribution is -2.24. The average Bonchev–Trinajstić information content (AvgIpc) is 2.66. The van der Waals surface area contributed by atoms with E-state index in [1.165, 1.54) is 0 Å². The summed E-state index contributed by atoms with van der Waals surface area (Å²) in [5, 5.41) is 0. The molecule has 0 heterocycles. The van der Waals surface area contributed by atoms with Crippen LogP contribution in [0.4, 0.5) is 0 Å². The highest BCUT2D eigenvalue weighted by molar-refractivity contribution is 7.89. The Hall–Kier alpha value is -2.25. The summed E-state index contributed by atoms with van der Waals surface area (Å²) in [4.78, 5) is 0.258. The van der Waals surface area contributed by atoms with E-state index in [0.29, 0.717) is 22.8 Å². The molecule has 0 aromatic heterocycles. The highest BCUT2D eigenvalue weighted by Gasteiger charge is 2.21. The standard InChI is InChI=1S/C22H31NO5S/c1-14(2)18-12-22(16(5)10-20(18)26-6)29(24,25)23-13-17-8-9-19(28-15(3)4)21(11-17)27-7/h8-12,14-15,23H,13H2,1-7H3. The second kappa shape index (κ2) is 9.50. The Bertz CT molecular complexity index is 952. The predicted octanol–water partition coefficient (Wildman–Crippen LogP) is 4.40. The lowest BCUT2D eigenvalue weighted by Gasteiger charge is -2.17. The number of hydrogen-bond acceptors (Lipinski definition) is 5. The summed E-state index contributed by atoms with van der Waals surface area (Å²) in [6.07, 6.45) is 0.0152. The van der Waals surface area contributed by atoms with E-state index in [1.54, 1.807) is 45.4 Å². The smallest absolute Gasteiger partial charge is 0.241 e. The van der Waals surface area contributed by atoms with Gasteiger partial charge < -0.3 is 14.2 Å². The number of nitrogens with one attached hydrogen (secondary N) is 1. The quantitative estimate of drug-likeness (QED) is 0.650. The zero-order valence-electron chi connectivity index (χ0n) is 18.2. The summed E-state index contributed by atoms with van der Waals surface area (Å²) < 4.78 is 45.1. The van der Waals surface area contributed by atoms with Crippen LogP contribution in [0.15, 0.2) is 35.2 Å². The van der Waals surface area contributed by atoms with Crippen LogP contribution < -0.4 is 18.9 Å². The molecule has 0 atom stereocenters. The molecular weight excluding hydrogens is 390 g/mol. The van der Waals surface area contributed by atoms with Crippen molar-refractivity contribution in [1.82, 2.24) is 4.72 Å². The second-order valence-electron chi connectivity index (χ2n) is 7.49. The number of ether oxygens (including phenoxy) is 3. The van der Waals surface area contributed by atoms with Crippen LogP contribution in [-0.2, 0) is 16.6 Å². The molecule has 2 rings (SSSR count). The molecule has 0 radical (unpaired) electrons. The molecule has 0 saturated carbocycles. The first-order valence-corrected chi connectivity index (χ1v) is 11.1. The van der Waals surface area contributed by atoms with Gasteiger partial charge in [0.1, 0.15) is 5.75 Å². The van der Waals surface area contributed by atoms with Crippen LogP contribution in [0, 0.1) is 6.92 Å². The first-order chi connectivity index (χ1) is 13.6. The van der Waals surface area contributed by atoms with Gasteiger partial charge in [0.25, 0.3) is 0 Å². The van der Waals surface area contributed by atoms with Gasteiger partial charge in [0.2, 0.25) is 10.0 Å². The minimum absolute atomic E-state index is 0.0152. The van der Waals surface area contributed by atoms with Crippen molar-refractivity contribution in [2.45, 2.75) is 58.1 Å².